The fraction of sp³-hybridized carbons (Fsp3) is 0.360. The van der Waals surface area contributed by atoms with E-state index in [9.17, 15) is 19.5 Å². The average Bonchev–Trinajstić information content (AvgIpc) is 3.10. The number of benzene rings is 1. The van der Waals surface area contributed by atoms with Gasteiger partial charge in [-0.1, -0.05) is 19.1 Å². The summed E-state index contributed by atoms with van der Waals surface area (Å²) in [5.41, 5.74) is 2.71. The van der Waals surface area contributed by atoms with Gasteiger partial charge in [-0.25, -0.2) is 9.78 Å². The summed E-state index contributed by atoms with van der Waals surface area (Å²) in [7, 11) is 0. The lowest BCUT2D eigenvalue weighted by Crippen LogP contribution is -2.44. The van der Waals surface area contributed by atoms with Crippen LogP contribution in [0.5, 0.6) is 0 Å². The standard InChI is InChI=1S/C25H23BrN2O4S/c1-13-3-6-22(26)27-17(13)9-19(29)18-10-25(2)11-21(25)28(18)23(30)8-14-4-5-20-15(7-14)16(12-33-20)24(31)32/h3-7,12,18,21H,8-11H2,1-2H3,(H,31,32)/t18-,21+,25-/m0/s1. The number of carbonyl (C=O) groups excluding carboxylic acids is 2. The van der Waals surface area contributed by atoms with Crippen LogP contribution in [0.4, 0.5) is 0 Å². The molecule has 1 amide bonds. The minimum absolute atomic E-state index is 0.00349. The fourth-order valence-corrected chi connectivity index (χ4v) is 6.30. The number of likely N-dealkylation sites (tertiary alicyclic amines) is 1. The number of carboxylic acids is 1. The van der Waals surface area contributed by atoms with Crippen molar-refractivity contribution in [3.8, 4) is 0 Å². The summed E-state index contributed by atoms with van der Waals surface area (Å²) in [4.78, 5) is 44.5. The summed E-state index contributed by atoms with van der Waals surface area (Å²) in [6.07, 6.45) is 1.95. The smallest absolute Gasteiger partial charge is 0.337 e. The van der Waals surface area contributed by atoms with Gasteiger partial charge in [0.25, 0.3) is 0 Å². The van der Waals surface area contributed by atoms with E-state index in [2.05, 4.69) is 27.8 Å². The van der Waals surface area contributed by atoms with Gasteiger partial charge in [0, 0.05) is 21.5 Å². The van der Waals surface area contributed by atoms with Gasteiger partial charge in [-0.2, -0.15) is 0 Å². The first-order chi connectivity index (χ1) is 15.7. The molecule has 1 N–H and O–H groups in total. The lowest BCUT2D eigenvalue weighted by Gasteiger charge is -2.27. The zero-order valence-corrected chi connectivity index (χ0v) is 20.7. The largest absolute Gasteiger partial charge is 0.478 e. The summed E-state index contributed by atoms with van der Waals surface area (Å²) >= 11 is 4.75. The molecular formula is C25H23BrN2O4S. The van der Waals surface area contributed by atoms with Crippen LogP contribution in [-0.4, -0.2) is 44.7 Å². The Morgan fingerprint density at radius 3 is 2.76 bits per heavy atom. The first kappa shape index (κ1) is 22.2. The van der Waals surface area contributed by atoms with Crippen LogP contribution in [0.3, 0.4) is 0 Å². The highest BCUT2D eigenvalue weighted by molar-refractivity contribution is 9.10. The molecule has 3 aromatic rings. The number of amides is 1. The third-order valence-electron chi connectivity index (χ3n) is 7.03. The number of nitrogens with zero attached hydrogens (tertiary/aromatic N) is 2. The minimum Gasteiger partial charge on any atom is -0.478 e. The number of pyridine rings is 1. The van der Waals surface area contributed by atoms with Crippen LogP contribution in [-0.2, 0) is 22.4 Å². The highest BCUT2D eigenvalue weighted by Crippen LogP contribution is 2.59. The van der Waals surface area contributed by atoms with Crippen molar-refractivity contribution in [2.45, 2.75) is 51.6 Å². The number of rotatable bonds is 6. The van der Waals surface area contributed by atoms with Crippen molar-refractivity contribution in [2.75, 3.05) is 0 Å². The van der Waals surface area contributed by atoms with Crippen molar-refractivity contribution in [1.82, 2.24) is 9.88 Å². The maximum Gasteiger partial charge on any atom is 0.337 e. The first-order valence-corrected chi connectivity index (χ1v) is 12.5. The molecule has 1 aromatic carbocycles. The van der Waals surface area contributed by atoms with E-state index >= 15 is 0 Å². The molecule has 1 aliphatic carbocycles. The van der Waals surface area contributed by atoms with Crippen LogP contribution in [0.2, 0.25) is 0 Å². The van der Waals surface area contributed by atoms with Gasteiger partial charge >= 0.3 is 5.97 Å². The number of hydrogen-bond donors (Lipinski definition) is 1. The molecule has 33 heavy (non-hydrogen) atoms. The van der Waals surface area contributed by atoms with E-state index in [0.29, 0.717) is 16.4 Å². The van der Waals surface area contributed by atoms with E-state index < -0.39 is 12.0 Å². The summed E-state index contributed by atoms with van der Waals surface area (Å²) in [6, 6.07) is 8.96. The summed E-state index contributed by atoms with van der Waals surface area (Å²) in [6.45, 7) is 4.08. The second-order valence-electron chi connectivity index (χ2n) is 9.40. The number of Topliss-reactive ketones (excluding diaryl/α,β-unsaturated/α-hetero) is 1. The number of fused-ring (bicyclic) bond motifs is 2. The Morgan fingerprint density at radius 1 is 1.21 bits per heavy atom. The van der Waals surface area contributed by atoms with Gasteiger partial charge in [0.15, 0.2) is 5.78 Å². The normalized spacial score (nSPS) is 23.5. The molecule has 8 heteroatoms. The molecule has 2 aliphatic rings. The number of piperidine rings is 1. The molecule has 1 aliphatic heterocycles. The Balaban J connectivity index is 1.38. The van der Waals surface area contributed by atoms with Crippen molar-refractivity contribution < 1.29 is 19.5 Å². The number of halogens is 1. The number of aromatic carboxylic acids is 1. The van der Waals surface area contributed by atoms with E-state index in [-0.39, 0.29) is 41.6 Å². The van der Waals surface area contributed by atoms with E-state index in [1.165, 1.54) is 11.3 Å². The van der Waals surface area contributed by atoms with Crippen LogP contribution in [0.15, 0.2) is 40.3 Å². The highest BCUT2D eigenvalue weighted by Gasteiger charge is 2.63. The van der Waals surface area contributed by atoms with E-state index in [0.717, 1.165) is 27.9 Å². The molecule has 0 radical (unpaired) electrons. The zero-order valence-electron chi connectivity index (χ0n) is 18.3. The summed E-state index contributed by atoms with van der Waals surface area (Å²) in [5, 5.41) is 11.7. The zero-order chi connectivity index (χ0) is 23.5. The molecule has 3 heterocycles. The van der Waals surface area contributed by atoms with Crippen molar-refractivity contribution in [2.24, 2.45) is 5.41 Å². The molecule has 3 atom stereocenters. The number of aryl methyl sites for hydroxylation is 1. The van der Waals surface area contributed by atoms with E-state index in [1.807, 2.05) is 31.2 Å². The molecule has 5 rings (SSSR count). The predicted octanol–water partition coefficient (Wildman–Crippen LogP) is 4.80. The van der Waals surface area contributed by atoms with E-state index in [4.69, 9.17) is 0 Å². The number of carboxylic acid groups (broad SMARTS) is 1. The van der Waals surface area contributed by atoms with Gasteiger partial charge in [-0.15, -0.1) is 11.3 Å². The van der Waals surface area contributed by atoms with Gasteiger partial charge in [-0.3, -0.25) is 9.59 Å². The average molecular weight is 527 g/mol. The Bertz CT molecular complexity index is 1320. The van der Waals surface area contributed by atoms with Crippen LogP contribution in [0, 0.1) is 12.3 Å². The lowest BCUT2D eigenvalue weighted by atomic mass is 9.96. The molecule has 1 saturated carbocycles. The monoisotopic (exact) mass is 526 g/mol. The molecule has 6 nitrogen and oxygen atoms in total. The lowest BCUT2D eigenvalue weighted by molar-refractivity contribution is -0.138. The van der Waals surface area contributed by atoms with Crippen LogP contribution in [0.1, 0.15) is 46.9 Å². The highest BCUT2D eigenvalue weighted by atomic mass is 79.9. The van der Waals surface area contributed by atoms with Crippen molar-refractivity contribution in [3.63, 3.8) is 0 Å². The molecule has 0 bridgehead atoms. The molecule has 2 aromatic heterocycles. The SMILES string of the molecule is Cc1ccc(Br)nc1CC(=O)[C@@H]1C[C@@]2(C)C[C@H]2N1C(=O)Cc1ccc2scc(C(=O)O)c2c1. The van der Waals surface area contributed by atoms with Gasteiger partial charge in [0.05, 0.1) is 30.1 Å². The summed E-state index contributed by atoms with van der Waals surface area (Å²) in [5.74, 6) is -1.03. The molecule has 2 fully saturated rings. The topological polar surface area (TPSA) is 87.6 Å². The fourth-order valence-electron chi connectivity index (χ4n) is 5.03. The van der Waals surface area contributed by atoms with Gasteiger partial charge in [0.1, 0.15) is 4.60 Å². The molecule has 1 saturated heterocycles. The second-order valence-corrected chi connectivity index (χ2v) is 11.1. The molecule has 0 unspecified atom stereocenters. The van der Waals surface area contributed by atoms with Crippen LogP contribution in [0.25, 0.3) is 10.1 Å². The van der Waals surface area contributed by atoms with E-state index in [1.54, 1.807) is 16.3 Å². The number of hydrogen-bond acceptors (Lipinski definition) is 5. The van der Waals surface area contributed by atoms with Crippen molar-refractivity contribution >= 4 is 55.0 Å². The number of thiophene rings is 1. The molecule has 0 spiro atoms. The third kappa shape index (κ3) is 3.99. The van der Waals surface area contributed by atoms with Crippen molar-refractivity contribution in [1.29, 1.82) is 0 Å². The van der Waals surface area contributed by atoms with Gasteiger partial charge in [0.2, 0.25) is 5.91 Å². The Morgan fingerprint density at radius 2 is 2.00 bits per heavy atom. The summed E-state index contributed by atoms with van der Waals surface area (Å²) < 4.78 is 1.57. The number of aromatic nitrogens is 1. The van der Waals surface area contributed by atoms with Crippen molar-refractivity contribution in [3.05, 3.63) is 62.7 Å². The van der Waals surface area contributed by atoms with Gasteiger partial charge in [-0.05, 0) is 70.4 Å². The minimum atomic E-state index is -0.972. The first-order valence-electron chi connectivity index (χ1n) is 10.9. The van der Waals surface area contributed by atoms with Crippen LogP contribution >= 0.6 is 27.3 Å². The molecule has 170 valence electrons. The number of ketones is 1. The maximum absolute atomic E-state index is 13.4. The third-order valence-corrected chi connectivity index (χ3v) is 8.43. The predicted molar refractivity (Wildman–Crippen MR) is 130 cm³/mol. The Labute approximate surface area is 203 Å². The molecular weight excluding hydrogens is 504 g/mol. The van der Waals surface area contributed by atoms with Crippen LogP contribution < -0.4 is 0 Å². The Kier molecular flexibility index (Phi) is 5.40. The number of carbonyl (C=O) groups is 3. The maximum atomic E-state index is 13.4. The second kappa shape index (κ2) is 8.02. The quantitative estimate of drug-likeness (QED) is 0.466. The Hall–Kier alpha value is -2.58. The van der Waals surface area contributed by atoms with Gasteiger partial charge < -0.3 is 10.0 Å².